The maximum absolute atomic E-state index is 13.2. The van der Waals surface area contributed by atoms with Crippen LogP contribution in [0.3, 0.4) is 0 Å². The highest BCUT2D eigenvalue weighted by Gasteiger charge is 2.37. The molecule has 1 aromatic rings. The molecular formula is C13H14F3NO3S. The number of carbonyl (C=O) groups is 1. The molecule has 1 amide bonds. The molecule has 1 aliphatic rings. The molecule has 1 saturated heterocycles. The summed E-state index contributed by atoms with van der Waals surface area (Å²) in [5, 5.41) is -0.427. The Morgan fingerprint density at radius 2 is 1.86 bits per heavy atom. The maximum Gasteiger partial charge on any atom is 0.234 e. The van der Waals surface area contributed by atoms with Crippen LogP contribution in [0.4, 0.5) is 13.2 Å². The van der Waals surface area contributed by atoms with E-state index in [2.05, 4.69) is 0 Å². The predicted octanol–water partition coefficient (Wildman–Crippen LogP) is 2.12. The van der Waals surface area contributed by atoms with E-state index in [1.54, 1.807) is 0 Å². The van der Waals surface area contributed by atoms with Gasteiger partial charge in [-0.1, -0.05) is 0 Å². The first-order valence-electron chi connectivity index (χ1n) is 6.08. The fourth-order valence-corrected chi connectivity index (χ4v) is 3.33. The van der Waals surface area contributed by atoms with Crippen molar-refractivity contribution in [3.63, 3.8) is 0 Å². The highest BCUT2D eigenvalue weighted by molar-refractivity contribution is 8.01. The van der Waals surface area contributed by atoms with E-state index in [0.717, 1.165) is 12.1 Å². The smallest absolute Gasteiger partial charge is 0.234 e. The monoisotopic (exact) mass is 321 g/mol. The van der Waals surface area contributed by atoms with Crippen molar-refractivity contribution in [1.82, 2.24) is 4.90 Å². The van der Waals surface area contributed by atoms with Gasteiger partial charge in [-0.2, -0.15) is 0 Å². The van der Waals surface area contributed by atoms with Gasteiger partial charge in [-0.3, -0.25) is 4.79 Å². The standard InChI is InChI=1S/C13H14F3NO3S/c1-19-13(20-2)12-17(10(18)6-21-12)5-7-3-8(14)11(16)9(15)4-7/h3-4,12-13H,5-6H2,1-2H3. The normalized spacial score (nSPS) is 18.9. The summed E-state index contributed by atoms with van der Waals surface area (Å²) in [6.07, 6.45) is -0.656. The molecule has 1 fully saturated rings. The van der Waals surface area contributed by atoms with Gasteiger partial charge in [0.05, 0.1) is 5.75 Å². The first-order valence-corrected chi connectivity index (χ1v) is 7.13. The molecule has 0 N–H and O–H groups in total. The molecule has 116 valence electrons. The summed E-state index contributed by atoms with van der Waals surface area (Å²) in [4.78, 5) is 13.3. The van der Waals surface area contributed by atoms with E-state index in [9.17, 15) is 18.0 Å². The molecule has 1 heterocycles. The zero-order valence-electron chi connectivity index (χ0n) is 11.4. The van der Waals surface area contributed by atoms with Gasteiger partial charge < -0.3 is 14.4 Å². The third-order valence-electron chi connectivity index (χ3n) is 3.10. The lowest BCUT2D eigenvalue weighted by molar-refractivity contribution is -0.146. The molecule has 21 heavy (non-hydrogen) atoms. The molecule has 1 unspecified atom stereocenters. The minimum absolute atomic E-state index is 0.0478. The number of hydrogen-bond donors (Lipinski definition) is 0. The number of hydrogen-bond acceptors (Lipinski definition) is 4. The Morgan fingerprint density at radius 3 is 2.38 bits per heavy atom. The number of carbonyl (C=O) groups excluding carboxylic acids is 1. The van der Waals surface area contributed by atoms with Crippen LogP contribution in [0.5, 0.6) is 0 Å². The quantitative estimate of drug-likeness (QED) is 0.615. The highest BCUT2D eigenvalue weighted by Crippen LogP contribution is 2.31. The van der Waals surface area contributed by atoms with Crippen molar-refractivity contribution in [2.24, 2.45) is 0 Å². The minimum atomic E-state index is -1.52. The first kappa shape index (κ1) is 16.1. The van der Waals surface area contributed by atoms with Gasteiger partial charge in [0.1, 0.15) is 5.37 Å². The molecule has 1 aliphatic heterocycles. The Kier molecular flexibility index (Phi) is 5.13. The van der Waals surface area contributed by atoms with Crippen LogP contribution in [0.1, 0.15) is 5.56 Å². The Hall–Kier alpha value is -1.25. The van der Waals surface area contributed by atoms with Crippen LogP contribution in [0.25, 0.3) is 0 Å². The van der Waals surface area contributed by atoms with E-state index in [0.29, 0.717) is 0 Å². The van der Waals surface area contributed by atoms with Crippen molar-refractivity contribution in [1.29, 1.82) is 0 Å². The summed E-state index contributed by atoms with van der Waals surface area (Å²) < 4.78 is 49.6. The van der Waals surface area contributed by atoms with Gasteiger partial charge in [0, 0.05) is 20.8 Å². The lowest BCUT2D eigenvalue weighted by Gasteiger charge is -2.29. The van der Waals surface area contributed by atoms with E-state index >= 15 is 0 Å². The molecule has 2 rings (SSSR count). The molecule has 0 radical (unpaired) electrons. The zero-order chi connectivity index (χ0) is 15.6. The van der Waals surface area contributed by atoms with Crippen LogP contribution >= 0.6 is 11.8 Å². The summed E-state index contributed by atoms with van der Waals surface area (Å²) in [7, 11) is 2.87. The summed E-state index contributed by atoms with van der Waals surface area (Å²) in [5.74, 6) is -4.06. The average molecular weight is 321 g/mol. The molecule has 1 atom stereocenters. The molecular weight excluding hydrogens is 307 g/mol. The second kappa shape index (κ2) is 6.67. The molecule has 4 nitrogen and oxygen atoms in total. The molecule has 0 aromatic heterocycles. The Balaban J connectivity index is 2.21. The van der Waals surface area contributed by atoms with Crippen LogP contribution in [-0.2, 0) is 20.8 Å². The van der Waals surface area contributed by atoms with Gasteiger partial charge in [-0.25, -0.2) is 13.2 Å². The number of nitrogens with zero attached hydrogens (tertiary/aromatic N) is 1. The number of methoxy groups -OCH3 is 2. The lowest BCUT2D eigenvalue weighted by Crippen LogP contribution is -2.41. The summed E-state index contributed by atoms with van der Waals surface area (Å²) in [6, 6.07) is 1.75. The van der Waals surface area contributed by atoms with Gasteiger partial charge in [0.15, 0.2) is 23.7 Å². The van der Waals surface area contributed by atoms with Crippen molar-refractivity contribution in [3.8, 4) is 0 Å². The topological polar surface area (TPSA) is 38.8 Å². The Labute approximate surface area is 124 Å². The molecule has 0 saturated carbocycles. The van der Waals surface area contributed by atoms with Crippen LogP contribution < -0.4 is 0 Å². The largest absolute Gasteiger partial charge is 0.353 e. The van der Waals surface area contributed by atoms with Crippen molar-refractivity contribution in [2.45, 2.75) is 18.2 Å². The number of halogens is 3. The number of ether oxygens (including phenoxy) is 2. The number of thioether (sulfide) groups is 1. The molecule has 0 spiro atoms. The van der Waals surface area contributed by atoms with Crippen molar-refractivity contribution >= 4 is 17.7 Å². The molecule has 0 bridgehead atoms. The van der Waals surface area contributed by atoms with Crippen LogP contribution in [0, 0.1) is 17.5 Å². The summed E-state index contributed by atoms with van der Waals surface area (Å²) in [6.45, 7) is -0.0478. The summed E-state index contributed by atoms with van der Waals surface area (Å²) >= 11 is 1.31. The van der Waals surface area contributed by atoms with E-state index in [1.165, 1.54) is 30.9 Å². The Morgan fingerprint density at radius 1 is 1.29 bits per heavy atom. The number of benzene rings is 1. The Bertz CT molecular complexity index is 516. The second-order valence-electron chi connectivity index (χ2n) is 4.44. The van der Waals surface area contributed by atoms with Gasteiger partial charge in [-0.15, -0.1) is 11.8 Å². The minimum Gasteiger partial charge on any atom is -0.353 e. The van der Waals surface area contributed by atoms with E-state index < -0.39 is 29.1 Å². The van der Waals surface area contributed by atoms with Gasteiger partial charge in [-0.05, 0) is 17.7 Å². The molecule has 1 aromatic carbocycles. The van der Waals surface area contributed by atoms with E-state index in [4.69, 9.17) is 9.47 Å². The van der Waals surface area contributed by atoms with Gasteiger partial charge in [0.2, 0.25) is 5.91 Å². The SMILES string of the molecule is COC(OC)C1SCC(=O)N1Cc1cc(F)c(F)c(F)c1. The highest BCUT2D eigenvalue weighted by atomic mass is 32.2. The predicted molar refractivity (Wildman–Crippen MR) is 70.9 cm³/mol. The van der Waals surface area contributed by atoms with Gasteiger partial charge in [0.25, 0.3) is 0 Å². The fraction of sp³-hybridized carbons (Fsp3) is 0.462. The maximum atomic E-state index is 13.2. The molecule has 8 heteroatoms. The fourth-order valence-electron chi connectivity index (χ4n) is 2.10. The average Bonchev–Trinajstić information content (AvgIpc) is 2.80. The third kappa shape index (κ3) is 3.33. The van der Waals surface area contributed by atoms with Crippen LogP contribution in [0.15, 0.2) is 12.1 Å². The van der Waals surface area contributed by atoms with E-state index in [-0.39, 0.29) is 23.8 Å². The number of rotatable bonds is 5. The number of amides is 1. The van der Waals surface area contributed by atoms with Crippen LogP contribution in [-0.4, -0.2) is 42.4 Å². The van der Waals surface area contributed by atoms with E-state index in [1.807, 2.05) is 0 Å². The van der Waals surface area contributed by atoms with Crippen molar-refractivity contribution < 1.29 is 27.4 Å². The van der Waals surface area contributed by atoms with Crippen molar-refractivity contribution in [3.05, 3.63) is 35.1 Å². The summed E-state index contributed by atoms with van der Waals surface area (Å²) in [5.41, 5.74) is 0.165. The van der Waals surface area contributed by atoms with Gasteiger partial charge >= 0.3 is 0 Å². The van der Waals surface area contributed by atoms with Crippen LogP contribution in [0.2, 0.25) is 0 Å². The first-order chi connectivity index (χ1) is 9.97. The third-order valence-corrected chi connectivity index (χ3v) is 4.33. The lowest BCUT2D eigenvalue weighted by atomic mass is 10.2. The second-order valence-corrected chi connectivity index (χ2v) is 5.54. The molecule has 0 aliphatic carbocycles. The zero-order valence-corrected chi connectivity index (χ0v) is 12.3. The van der Waals surface area contributed by atoms with Crippen molar-refractivity contribution in [2.75, 3.05) is 20.0 Å².